The molecular weight excluding hydrogens is 278 g/mol. The van der Waals surface area contributed by atoms with Crippen molar-refractivity contribution in [2.45, 2.75) is 31.9 Å². The first kappa shape index (κ1) is 15.9. The van der Waals surface area contributed by atoms with Crippen molar-refractivity contribution in [1.82, 2.24) is 10.6 Å². The molecule has 2 N–H and O–H groups in total. The normalized spacial score (nSPS) is 17.5. The average Bonchev–Trinajstić information content (AvgIpc) is 2.48. The van der Waals surface area contributed by atoms with Crippen molar-refractivity contribution in [1.29, 1.82) is 0 Å². The van der Waals surface area contributed by atoms with E-state index in [9.17, 15) is 13.6 Å². The first-order valence-electron chi connectivity index (χ1n) is 7.13. The molecule has 1 atom stereocenters. The maximum atomic E-state index is 13.6. The van der Waals surface area contributed by atoms with E-state index >= 15 is 0 Å². The second-order valence-corrected chi connectivity index (χ2v) is 5.22. The quantitative estimate of drug-likeness (QED) is 0.873. The summed E-state index contributed by atoms with van der Waals surface area (Å²) in [7, 11) is 0. The standard InChI is InChI=1S/C15H20F2N2O2/c1-10(13-8-11(16)2-3-14(13)17)19-15(20)9-21-12-4-6-18-7-5-12/h2-3,8,10,12,18H,4-7,9H2,1H3,(H,19,20). The summed E-state index contributed by atoms with van der Waals surface area (Å²) in [5.41, 5.74) is 0.130. The van der Waals surface area contributed by atoms with Crippen LogP contribution in [0.5, 0.6) is 0 Å². The van der Waals surface area contributed by atoms with Crippen LogP contribution in [0.4, 0.5) is 8.78 Å². The molecule has 1 aromatic carbocycles. The fourth-order valence-corrected chi connectivity index (χ4v) is 2.36. The lowest BCUT2D eigenvalue weighted by molar-refractivity contribution is -0.128. The van der Waals surface area contributed by atoms with Gasteiger partial charge in [0.2, 0.25) is 5.91 Å². The number of hydrogen-bond acceptors (Lipinski definition) is 3. The van der Waals surface area contributed by atoms with Crippen LogP contribution in [0, 0.1) is 11.6 Å². The molecule has 1 aliphatic heterocycles. The van der Waals surface area contributed by atoms with E-state index in [1.165, 1.54) is 0 Å². The molecule has 0 aromatic heterocycles. The van der Waals surface area contributed by atoms with Crippen molar-refractivity contribution in [3.8, 4) is 0 Å². The highest BCUT2D eigenvalue weighted by molar-refractivity contribution is 5.77. The van der Waals surface area contributed by atoms with Gasteiger partial charge in [-0.1, -0.05) is 0 Å². The zero-order chi connectivity index (χ0) is 15.2. The second kappa shape index (κ2) is 7.47. The van der Waals surface area contributed by atoms with Gasteiger partial charge >= 0.3 is 0 Å². The molecule has 1 aromatic rings. The second-order valence-electron chi connectivity index (χ2n) is 5.22. The third-order valence-corrected chi connectivity index (χ3v) is 3.54. The van der Waals surface area contributed by atoms with Gasteiger partial charge in [-0.05, 0) is 51.1 Å². The van der Waals surface area contributed by atoms with E-state index in [2.05, 4.69) is 10.6 Å². The van der Waals surface area contributed by atoms with Crippen molar-refractivity contribution in [3.05, 3.63) is 35.4 Å². The molecule has 1 unspecified atom stereocenters. The smallest absolute Gasteiger partial charge is 0.246 e. The fraction of sp³-hybridized carbons (Fsp3) is 0.533. The zero-order valence-corrected chi connectivity index (χ0v) is 12.0. The third-order valence-electron chi connectivity index (χ3n) is 3.54. The van der Waals surface area contributed by atoms with Gasteiger partial charge in [-0.15, -0.1) is 0 Å². The van der Waals surface area contributed by atoms with Crippen molar-refractivity contribution in [2.75, 3.05) is 19.7 Å². The van der Waals surface area contributed by atoms with E-state index in [1.54, 1.807) is 6.92 Å². The lowest BCUT2D eigenvalue weighted by Crippen LogP contribution is -2.36. The van der Waals surface area contributed by atoms with E-state index in [-0.39, 0.29) is 24.2 Å². The molecule has 0 radical (unpaired) electrons. The van der Waals surface area contributed by atoms with E-state index in [4.69, 9.17) is 4.74 Å². The maximum Gasteiger partial charge on any atom is 0.246 e. The minimum absolute atomic E-state index is 0.0636. The molecule has 6 heteroatoms. The highest BCUT2D eigenvalue weighted by Crippen LogP contribution is 2.18. The summed E-state index contributed by atoms with van der Waals surface area (Å²) < 4.78 is 32.2. The summed E-state index contributed by atoms with van der Waals surface area (Å²) >= 11 is 0. The van der Waals surface area contributed by atoms with Crippen LogP contribution in [0.1, 0.15) is 31.4 Å². The number of benzene rings is 1. The Bertz CT molecular complexity index is 491. The summed E-state index contributed by atoms with van der Waals surface area (Å²) in [6.07, 6.45) is 1.83. The van der Waals surface area contributed by atoms with E-state index < -0.39 is 17.7 Å². The molecule has 1 fully saturated rings. The summed E-state index contributed by atoms with van der Waals surface area (Å²) in [4.78, 5) is 11.8. The van der Waals surface area contributed by atoms with Gasteiger partial charge in [-0.2, -0.15) is 0 Å². The zero-order valence-electron chi connectivity index (χ0n) is 12.0. The Kier molecular flexibility index (Phi) is 5.64. The van der Waals surface area contributed by atoms with Crippen LogP contribution in [0.3, 0.4) is 0 Å². The molecule has 4 nitrogen and oxygen atoms in total. The van der Waals surface area contributed by atoms with Gasteiger partial charge in [-0.3, -0.25) is 4.79 Å². The van der Waals surface area contributed by atoms with Crippen LogP contribution in [-0.4, -0.2) is 31.7 Å². The molecule has 21 heavy (non-hydrogen) atoms. The molecule has 1 amide bonds. The number of piperidine rings is 1. The molecule has 0 aliphatic carbocycles. The fourth-order valence-electron chi connectivity index (χ4n) is 2.36. The summed E-state index contributed by atoms with van der Waals surface area (Å²) in [6, 6.07) is 2.59. The Morgan fingerprint density at radius 2 is 2.14 bits per heavy atom. The van der Waals surface area contributed by atoms with Crippen LogP contribution in [-0.2, 0) is 9.53 Å². The summed E-state index contributed by atoms with van der Waals surface area (Å²) in [6.45, 7) is 3.32. The minimum Gasteiger partial charge on any atom is -0.368 e. The predicted octanol–water partition coefficient (Wildman–Crippen LogP) is 1.91. The van der Waals surface area contributed by atoms with E-state index in [1.807, 2.05) is 0 Å². The Labute approximate surface area is 122 Å². The Balaban J connectivity index is 1.82. The number of rotatable bonds is 5. The van der Waals surface area contributed by atoms with Gasteiger partial charge in [0, 0.05) is 5.56 Å². The van der Waals surface area contributed by atoms with Gasteiger partial charge in [0.25, 0.3) is 0 Å². The monoisotopic (exact) mass is 298 g/mol. The van der Waals surface area contributed by atoms with Crippen molar-refractivity contribution < 1.29 is 18.3 Å². The SMILES string of the molecule is CC(NC(=O)COC1CCNCC1)c1cc(F)ccc1F. The Morgan fingerprint density at radius 1 is 1.43 bits per heavy atom. The molecular formula is C15H20F2N2O2. The van der Waals surface area contributed by atoms with E-state index in [0.29, 0.717) is 0 Å². The summed E-state index contributed by atoms with van der Waals surface area (Å²) in [5.74, 6) is -1.40. The number of halogens is 2. The molecule has 116 valence electrons. The lowest BCUT2D eigenvalue weighted by Gasteiger charge is -2.23. The maximum absolute atomic E-state index is 13.6. The first-order valence-corrected chi connectivity index (χ1v) is 7.13. The van der Waals surface area contributed by atoms with Gasteiger partial charge in [0.05, 0.1) is 12.1 Å². The van der Waals surface area contributed by atoms with Crippen molar-refractivity contribution in [2.24, 2.45) is 0 Å². The van der Waals surface area contributed by atoms with Crippen LogP contribution in [0.25, 0.3) is 0 Å². The number of nitrogens with one attached hydrogen (secondary N) is 2. The molecule has 0 bridgehead atoms. The first-order chi connectivity index (χ1) is 10.1. The van der Waals surface area contributed by atoms with Crippen LogP contribution >= 0.6 is 0 Å². The molecule has 1 heterocycles. The highest BCUT2D eigenvalue weighted by Gasteiger charge is 2.17. The summed E-state index contributed by atoms with van der Waals surface area (Å²) in [5, 5.41) is 5.83. The van der Waals surface area contributed by atoms with Gasteiger partial charge in [0.1, 0.15) is 18.2 Å². The van der Waals surface area contributed by atoms with Crippen molar-refractivity contribution in [3.63, 3.8) is 0 Å². The molecule has 1 aliphatic rings. The number of hydrogen-bond donors (Lipinski definition) is 2. The van der Waals surface area contributed by atoms with Crippen LogP contribution < -0.4 is 10.6 Å². The number of carbonyl (C=O) groups is 1. The average molecular weight is 298 g/mol. The van der Waals surface area contributed by atoms with E-state index in [0.717, 1.165) is 44.1 Å². The van der Waals surface area contributed by atoms with Gasteiger partial charge in [-0.25, -0.2) is 8.78 Å². The molecule has 1 saturated heterocycles. The highest BCUT2D eigenvalue weighted by atomic mass is 19.1. The Morgan fingerprint density at radius 3 is 2.86 bits per heavy atom. The molecule has 2 rings (SSSR count). The van der Waals surface area contributed by atoms with Crippen LogP contribution in [0.15, 0.2) is 18.2 Å². The Hall–Kier alpha value is -1.53. The van der Waals surface area contributed by atoms with Gasteiger partial charge < -0.3 is 15.4 Å². The third kappa shape index (κ3) is 4.75. The topological polar surface area (TPSA) is 50.4 Å². The van der Waals surface area contributed by atoms with Crippen molar-refractivity contribution >= 4 is 5.91 Å². The van der Waals surface area contributed by atoms with Crippen LogP contribution in [0.2, 0.25) is 0 Å². The molecule has 0 saturated carbocycles. The number of ether oxygens (including phenoxy) is 1. The lowest BCUT2D eigenvalue weighted by atomic mass is 10.1. The minimum atomic E-state index is -0.607. The predicted molar refractivity (Wildman–Crippen MR) is 74.8 cm³/mol. The number of carbonyl (C=O) groups excluding carboxylic acids is 1. The molecule has 0 spiro atoms. The van der Waals surface area contributed by atoms with Gasteiger partial charge in [0.15, 0.2) is 0 Å². The largest absolute Gasteiger partial charge is 0.368 e. The number of amides is 1.